The number of fused-ring (bicyclic) bond motifs is 1. The molecule has 1 aromatic rings. The highest BCUT2D eigenvalue weighted by Gasteiger charge is 2.17. The molecule has 0 radical (unpaired) electrons. The van der Waals surface area contributed by atoms with Gasteiger partial charge in [-0.25, -0.2) is 9.97 Å². The topological polar surface area (TPSA) is 37.8 Å². The second-order valence-electron chi connectivity index (χ2n) is 5.22. The molecule has 0 bridgehead atoms. The summed E-state index contributed by atoms with van der Waals surface area (Å²) in [7, 11) is 0. The molecule has 1 aliphatic rings. The number of nitrogens with zero attached hydrogens (tertiary/aromatic N) is 2. The van der Waals surface area contributed by atoms with Crippen LogP contribution in [0.1, 0.15) is 56.4 Å². The summed E-state index contributed by atoms with van der Waals surface area (Å²) in [4.78, 5) is 9.59. The molecule has 0 saturated carbocycles. The smallest absolute Gasteiger partial charge is 0.138 e. The molecule has 0 spiro atoms. The van der Waals surface area contributed by atoms with Crippen molar-refractivity contribution in [2.75, 3.05) is 6.54 Å². The van der Waals surface area contributed by atoms with Gasteiger partial charge in [-0.05, 0) is 31.4 Å². The number of rotatable bonds is 6. The highest BCUT2D eigenvalue weighted by molar-refractivity contribution is 7.99. The summed E-state index contributed by atoms with van der Waals surface area (Å²) < 4.78 is 0. The van der Waals surface area contributed by atoms with Gasteiger partial charge in [0.15, 0.2) is 0 Å². The van der Waals surface area contributed by atoms with Crippen molar-refractivity contribution >= 4 is 11.8 Å². The van der Waals surface area contributed by atoms with Crippen LogP contribution >= 0.6 is 11.8 Å². The quantitative estimate of drug-likeness (QED) is 0.868. The summed E-state index contributed by atoms with van der Waals surface area (Å²) in [5.74, 6) is 1.97. The third-order valence-electron chi connectivity index (χ3n) is 3.63. The van der Waals surface area contributed by atoms with Gasteiger partial charge in [0.1, 0.15) is 5.82 Å². The maximum absolute atomic E-state index is 4.82. The Morgan fingerprint density at radius 1 is 1.32 bits per heavy atom. The van der Waals surface area contributed by atoms with Gasteiger partial charge in [-0.3, -0.25) is 0 Å². The summed E-state index contributed by atoms with van der Waals surface area (Å²) in [5.41, 5.74) is 3.95. The average Bonchev–Trinajstić information content (AvgIpc) is 2.45. The van der Waals surface area contributed by atoms with Crippen LogP contribution < -0.4 is 5.32 Å². The van der Waals surface area contributed by atoms with Gasteiger partial charge in [-0.1, -0.05) is 27.2 Å². The maximum Gasteiger partial charge on any atom is 0.138 e. The van der Waals surface area contributed by atoms with Gasteiger partial charge in [0.25, 0.3) is 0 Å². The first kappa shape index (κ1) is 14.8. The molecule has 1 atom stereocenters. The Bertz CT molecular complexity index is 420. The Balaban J connectivity index is 2.17. The average molecular weight is 279 g/mol. The van der Waals surface area contributed by atoms with Crippen molar-refractivity contribution in [3.8, 4) is 0 Å². The minimum Gasteiger partial charge on any atom is -0.311 e. The fraction of sp³-hybridized carbons (Fsp3) is 0.733. The van der Waals surface area contributed by atoms with Crippen LogP contribution in [0, 0.1) is 0 Å². The highest BCUT2D eigenvalue weighted by Crippen LogP contribution is 2.22. The van der Waals surface area contributed by atoms with E-state index in [0.29, 0.717) is 5.25 Å². The fourth-order valence-corrected chi connectivity index (χ4v) is 3.13. The molecule has 19 heavy (non-hydrogen) atoms. The zero-order chi connectivity index (χ0) is 13.7. The molecule has 3 nitrogen and oxygen atoms in total. The lowest BCUT2D eigenvalue weighted by molar-refractivity contribution is 0.608. The highest BCUT2D eigenvalue weighted by atomic mass is 32.2. The van der Waals surface area contributed by atoms with Crippen LogP contribution in [0.4, 0.5) is 0 Å². The van der Waals surface area contributed by atoms with Crippen LogP contribution in [0.5, 0.6) is 0 Å². The monoisotopic (exact) mass is 279 g/mol. The summed E-state index contributed by atoms with van der Waals surface area (Å²) in [5, 5.41) is 4.10. The molecule has 0 fully saturated rings. The lowest BCUT2D eigenvalue weighted by Crippen LogP contribution is -2.27. The molecule has 106 valence electrons. The number of hydrogen-bond donors (Lipinski definition) is 1. The van der Waals surface area contributed by atoms with E-state index in [0.717, 1.165) is 43.9 Å². The van der Waals surface area contributed by atoms with Crippen molar-refractivity contribution in [2.24, 2.45) is 0 Å². The summed E-state index contributed by atoms with van der Waals surface area (Å²) in [6, 6.07) is 0. The van der Waals surface area contributed by atoms with E-state index in [1.54, 1.807) is 0 Å². The van der Waals surface area contributed by atoms with Crippen LogP contribution in [-0.2, 0) is 25.1 Å². The van der Waals surface area contributed by atoms with Gasteiger partial charge in [-0.2, -0.15) is 11.8 Å². The zero-order valence-electron chi connectivity index (χ0n) is 12.3. The van der Waals surface area contributed by atoms with Crippen molar-refractivity contribution < 1.29 is 0 Å². The number of hydrogen-bond acceptors (Lipinski definition) is 4. The van der Waals surface area contributed by atoms with Crippen molar-refractivity contribution in [1.29, 1.82) is 0 Å². The van der Waals surface area contributed by atoms with Gasteiger partial charge >= 0.3 is 0 Å². The molecular weight excluding hydrogens is 254 g/mol. The van der Waals surface area contributed by atoms with Crippen LogP contribution in [0.2, 0.25) is 0 Å². The standard InChI is InChI=1S/C15H25N3S/c1-4-6-13-12-7-8-16-9-14(12)18-15(17-13)10-19-11(3)5-2/h11,16H,4-10H2,1-3H3. The van der Waals surface area contributed by atoms with E-state index >= 15 is 0 Å². The lowest BCUT2D eigenvalue weighted by Gasteiger charge is -2.20. The molecular formula is C15H25N3S. The van der Waals surface area contributed by atoms with Crippen LogP contribution in [0.25, 0.3) is 0 Å². The van der Waals surface area contributed by atoms with Crippen molar-refractivity contribution in [1.82, 2.24) is 15.3 Å². The largest absolute Gasteiger partial charge is 0.311 e. The minimum absolute atomic E-state index is 0.687. The molecule has 1 unspecified atom stereocenters. The third-order valence-corrected chi connectivity index (χ3v) is 4.95. The van der Waals surface area contributed by atoms with Crippen molar-refractivity contribution in [3.05, 3.63) is 22.8 Å². The molecule has 2 rings (SSSR count). The Morgan fingerprint density at radius 3 is 2.89 bits per heavy atom. The molecule has 4 heteroatoms. The lowest BCUT2D eigenvalue weighted by atomic mass is 10.0. The van der Waals surface area contributed by atoms with Crippen molar-refractivity contribution in [3.63, 3.8) is 0 Å². The SMILES string of the molecule is CCCc1nc(CSC(C)CC)nc2c1CCNC2. The van der Waals surface area contributed by atoms with E-state index in [1.807, 2.05) is 11.8 Å². The molecule has 0 aliphatic carbocycles. The first-order valence-corrected chi connectivity index (χ1v) is 8.49. The van der Waals surface area contributed by atoms with E-state index in [9.17, 15) is 0 Å². The minimum atomic E-state index is 0.687. The predicted molar refractivity (Wildman–Crippen MR) is 82.5 cm³/mol. The zero-order valence-corrected chi connectivity index (χ0v) is 13.1. The third kappa shape index (κ3) is 3.93. The molecule has 0 saturated heterocycles. The van der Waals surface area contributed by atoms with E-state index in [1.165, 1.54) is 23.4 Å². The van der Waals surface area contributed by atoms with E-state index in [-0.39, 0.29) is 0 Å². The fourth-order valence-electron chi connectivity index (χ4n) is 2.34. The van der Waals surface area contributed by atoms with Crippen LogP contribution in [0.3, 0.4) is 0 Å². The Kier molecular flexibility index (Phi) is 5.64. The molecule has 1 aliphatic heterocycles. The van der Waals surface area contributed by atoms with Crippen LogP contribution in [0.15, 0.2) is 0 Å². The molecule has 2 heterocycles. The number of aryl methyl sites for hydroxylation is 1. The normalized spacial score (nSPS) is 16.2. The first-order valence-electron chi connectivity index (χ1n) is 7.44. The van der Waals surface area contributed by atoms with Gasteiger partial charge < -0.3 is 5.32 Å². The molecule has 1 aromatic heterocycles. The summed E-state index contributed by atoms with van der Waals surface area (Å²) >= 11 is 1.96. The first-order chi connectivity index (χ1) is 9.24. The Morgan fingerprint density at radius 2 is 2.16 bits per heavy atom. The second kappa shape index (κ2) is 7.25. The molecule has 0 aromatic carbocycles. The molecule has 1 N–H and O–H groups in total. The molecule has 0 amide bonds. The van der Waals surface area contributed by atoms with E-state index < -0.39 is 0 Å². The second-order valence-corrected chi connectivity index (χ2v) is 6.65. The van der Waals surface area contributed by atoms with E-state index in [4.69, 9.17) is 9.97 Å². The van der Waals surface area contributed by atoms with Crippen molar-refractivity contribution in [2.45, 2.75) is 64.0 Å². The Labute approximate surface area is 121 Å². The van der Waals surface area contributed by atoms with E-state index in [2.05, 4.69) is 26.1 Å². The number of nitrogens with one attached hydrogen (secondary N) is 1. The maximum atomic E-state index is 4.82. The predicted octanol–water partition coefficient (Wildman–Crippen LogP) is 3.11. The van der Waals surface area contributed by atoms with Gasteiger partial charge in [0.2, 0.25) is 0 Å². The van der Waals surface area contributed by atoms with Gasteiger partial charge in [0.05, 0.1) is 11.4 Å². The number of aromatic nitrogens is 2. The number of thioether (sulfide) groups is 1. The summed E-state index contributed by atoms with van der Waals surface area (Å²) in [6.45, 7) is 8.71. The Hall–Kier alpha value is -0.610. The van der Waals surface area contributed by atoms with Gasteiger partial charge in [0, 0.05) is 17.5 Å². The summed E-state index contributed by atoms with van der Waals surface area (Å²) in [6.07, 6.45) is 4.54. The van der Waals surface area contributed by atoms with Gasteiger partial charge in [-0.15, -0.1) is 0 Å². The van der Waals surface area contributed by atoms with Crippen LogP contribution in [-0.4, -0.2) is 21.8 Å².